The topological polar surface area (TPSA) is 26.0 Å². The van der Waals surface area contributed by atoms with Crippen molar-refractivity contribution in [3.63, 3.8) is 0 Å². The third-order valence-electron chi connectivity index (χ3n) is 9.49. The maximum absolute atomic E-state index is 6.31. The van der Waals surface area contributed by atoms with Gasteiger partial charge in [0.1, 0.15) is 0 Å². The van der Waals surface area contributed by atoms with Crippen LogP contribution in [0.2, 0.25) is 0 Å². The summed E-state index contributed by atoms with van der Waals surface area (Å²) in [6.45, 7) is 5.41. The summed E-state index contributed by atoms with van der Waals surface area (Å²) in [7, 11) is 0. The van der Waals surface area contributed by atoms with Crippen molar-refractivity contribution < 1.29 is 0 Å². The number of aryl methyl sites for hydroxylation is 1. The van der Waals surface area contributed by atoms with Gasteiger partial charge in [0.2, 0.25) is 0 Å². The highest BCUT2D eigenvalue weighted by Gasteiger charge is 2.13. The lowest BCUT2D eigenvalue weighted by Crippen LogP contribution is -2.14. The van der Waals surface area contributed by atoms with Gasteiger partial charge in [0, 0.05) is 0 Å². The van der Waals surface area contributed by atoms with Crippen molar-refractivity contribution in [3.8, 4) is 0 Å². The van der Waals surface area contributed by atoms with Gasteiger partial charge in [-0.3, -0.25) is 0 Å². The molecule has 248 valence electrons. The van der Waals surface area contributed by atoms with E-state index >= 15 is 0 Å². The standard InChI is InChI=1S/C40H75N.ClH/c1-3-5-7-9-11-13-15-17-19-21-23-25-27-29-33-38-34-31-32-36-40(38)39(37-41)35-30-28-26-24-22-20-18-16-14-12-10-8-6-4-2;/h31-32,34,36,39H,3-30,33,35,37,41H2,1-2H3;1H. The number of unbranched alkanes of at least 4 members (excludes halogenated alkanes) is 26. The zero-order valence-electron chi connectivity index (χ0n) is 28.8. The van der Waals surface area contributed by atoms with Crippen LogP contribution in [0.25, 0.3) is 0 Å². The highest BCUT2D eigenvalue weighted by atomic mass is 35.5. The van der Waals surface area contributed by atoms with Crippen LogP contribution in [0, 0.1) is 0 Å². The van der Waals surface area contributed by atoms with Crippen molar-refractivity contribution in [1.29, 1.82) is 0 Å². The summed E-state index contributed by atoms with van der Waals surface area (Å²) in [5.74, 6) is 0.551. The molecule has 1 rings (SSSR count). The molecule has 0 aliphatic carbocycles. The molecule has 0 fully saturated rings. The lowest BCUT2D eigenvalue weighted by molar-refractivity contribution is 0.517. The Balaban J connectivity index is 0.0000168. The van der Waals surface area contributed by atoms with Crippen LogP contribution < -0.4 is 5.73 Å². The van der Waals surface area contributed by atoms with E-state index in [0.29, 0.717) is 5.92 Å². The Hall–Kier alpha value is -0.530. The van der Waals surface area contributed by atoms with Crippen molar-refractivity contribution >= 4 is 12.4 Å². The Labute approximate surface area is 271 Å². The predicted molar refractivity (Wildman–Crippen MR) is 194 cm³/mol. The Morgan fingerprint density at radius 3 is 1.17 bits per heavy atom. The van der Waals surface area contributed by atoms with Crippen molar-refractivity contribution in [2.45, 2.75) is 212 Å². The third kappa shape index (κ3) is 24.9. The zero-order chi connectivity index (χ0) is 29.5. The number of hydrogen-bond donors (Lipinski definition) is 1. The van der Waals surface area contributed by atoms with Gasteiger partial charge >= 0.3 is 0 Å². The molecule has 1 nitrogen and oxygen atoms in total. The van der Waals surface area contributed by atoms with Crippen molar-refractivity contribution in [1.82, 2.24) is 0 Å². The molecule has 0 bridgehead atoms. The molecule has 0 saturated heterocycles. The van der Waals surface area contributed by atoms with Crippen LogP contribution in [0.4, 0.5) is 0 Å². The summed E-state index contributed by atoms with van der Waals surface area (Å²) >= 11 is 0. The number of hydrogen-bond acceptors (Lipinski definition) is 1. The molecular formula is C40H76ClN. The summed E-state index contributed by atoms with van der Waals surface area (Å²) in [5, 5.41) is 0. The first-order valence-electron chi connectivity index (χ1n) is 19.1. The van der Waals surface area contributed by atoms with Crippen LogP contribution in [-0.4, -0.2) is 6.54 Å². The van der Waals surface area contributed by atoms with Crippen LogP contribution >= 0.6 is 12.4 Å². The molecule has 1 aromatic carbocycles. The fourth-order valence-corrected chi connectivity index (χ4v) is 6.66. The van der Waals surface area contributed by atoms with Gasteiger partial charge in [0.15, 0.2) is 0 Å². The first-order valence-corrected chi connectivity index (χ1v) is 19.1. The first kappa shape index (κ1) is 41.5. The molecule has 1 unspecified atom stereocenters. The second-order valence-corrected chi connectivity index (χ2v) is 13.4. The fourth-order valence-electron chi connectivity index (χ4n) is 6.66. The maximum atomic E-state index is 6.31. The molecule has 1 aromatic rings. The van der Waals surface area contributed by atoms with E-state index in [1.165, 1.54) is 193 Å². The predicted octanol–water partition coefficient (Wildman–Crippen LogP) is 14.0. The van der Waals surface area contributed by atoms with Crippen LogP contribution in [0.5, 0.6) is 0 Å². The van der Waals surface area contributed by atoms with Crippen molar-refractivity contribution in [2.24, 2.45) is 5.73 Å². The van der Waals surface area contributed by atoms with E-state index in [1.54, 1.807) is 11.1 Å². The molecule has 2 N–H and O–H groups in total. The minimum Gasteiger partial charge on any atom is -0.330 e. The first-order chi connectivity index (χ1) is 20.3. The monoisotopic (exact) mass is 606 g/mol. The lowest BCUT2D eigenvalue weighted by atomic mass is 9.87. The number of benzene rings is 1. The van der Waals surface area contributed by atoms with Crippen LogP contribution in [0.15, 0.2) is 24.3 Å². The smallest absolute Gasteiger partial charge is 0.000813 e. The Morgan fingerprint density at radius 2 is 0.786 bits per heavy atom. The number of nitrogens with two attached hydrogens (primary N) is 1. The highest BCUT2D eigenvalue weighted by Crippen LogP contribution is 2.27. The molecule has 0 heterocycles. The molecule has 0 aliphatic rings. The van der Waals surface area contributed by atoms with Gasteiger partial charge in [-0.15, -0.1) is 12.4 Å². The third-order valence-corrected chi connectivity index (χ3v) is 9.49. The largest absolute Gasteiger partial charge is 0.330 e. The molecule has 42 heavy (non-hydrogen) atoms. The van der Waals surface area contributed by atoms with E-state index in [-0.39, 0.29) is 12.4 Å². The van der Waals surface area contributed by atoms with Crippen molar-refractivity contribution in [3.05, 3.63) is 35.4 Å². The second-order valence-electron chi connectivity index (χ2n) is 13.4. The Bertz CT molecular complexity index is 644. The van der Waals surface area contributed by atoms with Gasteiger partial charge in [-0.1, -0.05) is 211 Å². The summed E-state index contributed by atoms with van der Waals surface area (Å²) in [6.07, 6.45) is 42.5. The van der Waals surface area contributed by atoms with Crippen LogP contribution in [-0.2, 0) is 6.42 Å². The average Bonchev–Trinajstić information content (AvgIpc) is 3.00. The maximum Gasteiger partial charge on any atom is -0.000813 e. The average molecular weight is 607 g/mol. The summed E-state index contributed by atoms with van der Waals surface area (Å²) < 4.78 is 0. The van der Waals surface area contributed by atoms with Crippen molar-refractivity contribution in [2.75, 3.05) is 6.54 Å². The summed E-state index contributed by atoms with van der Waals surface area (Å²) in [6, 6.07) is 9.23. The Morgan fingerprint density at radius 1 is 0.452 bits per heavy atom. The normalized spacial score (nSPS) is 12.0. The molecule has 0 radical (unpaired) electrons. The molecule has 0 amide bonds. The molecule has 0 aliphatic heterocycles. The zero-order valence-corrected chi connectivity index (χ0v) is 29.6. The van der Waals surface area contributed by atoms with Gasteiger partial charge < -0.3 is 5.73 Å². The van der Waals surface area contributed by atoms with Gasteiger partial charge in [-0.2, -0.15) is 0 Å². The van der Waals surface area contributed by atoms with E-state index in [2.05, 4.69) is 38.1 Å². The molecule has 1 atom stereocenters. The van der Waals surface area contributed by atoms with E-state index in [0.717, 1.165) is 6.54 Å². The lowest BCUT2D eigenvalue weighted by Gasteiger charge is -2.19. The second kappa shape index (κ2) is 33.4. The number of rotatable bonds is 32. The quantitative estimate of drug-likeness (QED) is 0.0812. The molecule has 2 heteroatoms. The molecule has 0 aromatic heterocycles. The van der Waals surface area contributed by atoms with Gasteiger partial charge in [-0.25, -0.2) is 0 Å². The van der Waals surface area contributed by atoms with E-state index in [9.17, 15) is 0 Å². The van der Waals surface area contributed by atoms with Crippen LogP contribution in [0.1, 0.15) is 217 Å². The highest BCUT2D eigenvalue weighted by molar-refractivity contribution is 5.85. The van der Waals surface area contributed by atoms with Gasteiger partial charge in [0.05, 0.1) is 0 Å². The minimum absolute atomic E-state index is 0. The van der Waals surface area contributed by atoms with E-state index in [1.807, 2.05) is 0 Å². The fraction of sp³-hybridized carbons (Fsp3) is 0.850. The van der Waals surface area contributed by atoms with E-state index in [4.69, 9.17) is 5.73 Å². The molecular weight excluding hydrogens is 530 g/mol. The van der Waals surface area contributed by atoms with Gasteiger partial charge in [-0.05, 0) is 42.9 Å². The number of halogens is 1. The summed E-state index contributed by atoms with van der Waals surface area (Å²) in [5.41, 5.74) is 9.44. The minimum atomic E-state index is 0. The van der Waals surface area contributed by atoms with Gasteiger partial charge in [0.25, 0.3) is 0 Å². The summed E-state index contributed by atoms with van der Waals surface area (Å²) in [4.78, 5) is 0. The van der Waals surface area contributed by atoms with E-state index < -0.39 is 0 Å². The SMILES string of the molecule is CCCCCCCCCCCCCCCCc1ccccc1C(CN)CCCCCCCCCCCCCCCC.Cl. The van der Waals surface area contributed by atoms with Crippen LogP contribution in [0.3, 0.4) is 0 Å². The molecule has 0 saturated carbocycles. The Kier molecular flexibility index (Phi) is 32.9. The molecule has 0 spiro atoms.